The van der Waals surface area contributed by atoms with Gasteiger partial charge in [-0.2, -0.15) is 0 Å². The molecule has 2 aliphatic heterocycles. The second-order valence-corrected chi connectivity index (χ2v) is 11.0. The highest BCUT2D eigenvalue weighted by Gasteiger charge is 2.46. The van der Waals surface area contributed by atoms with E-state index in [4.69, 9.17) is 14.2 Å². The Kier molecular flexibility index (Phi) is 8.46. The lowest BCUT2D eigenvalue weighted by molar-refractivity contribution is -0.198. The molecule has 4 nitrogen and oxygen atoms in total. The standard InChI is InChI=1S/C25H47NO3/c1-6-14-26(18-22-8-7-16-27-22)15-11-23-19-28-25(29-23)12-9-21(10-13-25)24(4,5)17-20(2)3/h20-23H,6-19H2,1-5H3. The number of nitrogens with zero attached hydrogens (tertiary/aromatic N) is 1. The minimum atomic E-state index is -0.279. The summed E-state index contributed by atoms with van der Waals surface area (Å²) in [4.78, 5) is 2.58. The number of hydrogen-bond donors (Lipinski definition) is 0. The Labute approximate surface area is 180 Å². The van der Waals surface area contributed by atoms with Crippen LogP contribution in [0.2, 0.25) is 0 Å². The van der Waals surface area contributed by atoms with E-state index in [1.165, 1.54) is 38.5 Å². The van der Waals surface area contributed by atoms with Crippen LogP contribution in [-0.4, -0.2) is 55.7 Å². The highest BCUT2D eigenvalue weighted by atomic mass is 16.7. The Morgan fingerprint density at radius 2 is 1.83 bits per heavy atom. The fraction of sp³-hybridized carbons (Fsp3) is 1.00. The molecule has 2 heterocycles. The molecule has 3 fully saturated rings. The van der Waals surface area contributed by atoms with Crippen LogP contribution in [0.1, 0.15) is 92.4 Å². The first-order valence-corrected chi connectivity index (χ1v) is 12.5. The molecule has 0 bridgehead atoms. The smallest absolute Gasteiger partial charge is 0.168 e. The third-order valence-corrected chi connectivity index (χ3v) is 7.49. The maximum Gasteiger partial charge on any atom is 0.168 e. The third kappa shape index (κ3) is 6.66. The molecule has 29 heavy (non-hydrogen) atoms. The van der Waals surface area contributed by atoms with Crippen molar-refractivity contribution in [3.63, 3.8) is 0 Å². The zero-order valence-electron chi connectivity index (χ0n) is 19.9. The molecule has 1 saturated carbocycles. The Bertz CT molecular complexity index is 478. The topological polar surface area (TPSA) is 30.9 Å². The van der Waals surface area contributed by atoms with E-state index >= 15 is 0 Å². The fourth-order valence-corrected chi connectivity index (χ4v) is 6.09. The Morgan fingerprint density at radius 1 is 1.07 bits per heavy atom. The molecule has 0 amide bonds. The number of ether oxygens (including phenoxy) is 3. The molecule has 3 rings (SSSR count). The minimum Gasteiger partial charge on any atom is -0.377 e. The zero-order chi connectivity index (χ0) is 20.9. The van der Waals surface area contributed by atoms with Crippen LogP contribution in [0.5, 0.6) is 0 Å². The first kappa shape index (κ1) is 23.5. The quantitative estimate of drug-likeness (QED) is 0.467. The van der Waals surface area contributed by atoms with E-state index in [0.29, 0.717) is 11.5 Å². The minimum absolute atomic E-state index is 0.263. The molecule has 2 saturated heterocycles. The van der Waals surface area contributed by atoms with Crippen LogP contribution in [-0.2, 0) is 14.2 Å². The van der Waals surface area contributed by atoms with Gasteiger partial charge in [-0.25, -0.2) is 0 Å². The molecule has 0 aromatic carbocycles. The summed E-state index contributed by atoms with van der Waals surface area (Å²) in [6.07, 6.45) is 11.4. The average molecular weight is 410 g/mol. The molecule has 2 unspecified atom stereocenters. The van der Waals surface area contributed by atoms with E-state index < -0.39 is 0 Å². The van der Waals surface area contributed by atoms with Gasteiger partial charge in [-0.1, -0.05) is 34.6 Å². The Morgan fingerprint density at radius 3 is 2.45 bits per heavy atom. The number of rotatable bonds is 10. The van der Waals surface area contributed by atoms with Crippen LogP contribution < -0.4 is 0 Å². The van der Waals surface area contributed by atoms with Crippen molar-refractivity contribution in [1.82, 2.24) is 4.90 Å². The highest BCUT2D eigenvalue weighted by Crippen LogP contribution is 2.48. The van der Waals surface area contributed by atoms with E-state index in [1.54, 1.807) is 0 Å². The molecule has 3 aliphatic rings. The lowest BCUT2D eigenvalue weighted by Gasteiger charge is -2.43. The van der Waals surface area contributed by atoms with Gasteiger partial charge in [0.15, 0.2) is 5.79 Å². The predicted octanol–water partition coefficient (Wildman–Crippen LogP) is 5.64. The second kappa shape index (κ2) is 10.4. The molecular weight excluding hydrogens is 362 g/mol. The zero-order valence-corrected chi connectivity index (χ0v) is 19.9. The van der Waals surface area contributed by atoms with Crippen molar-refractivity contribution in [2.45, 2.75) is 110 Å². The summed E-state index contributed by atoms with van der Waals surface area (Å²) in [6.45, 7) is 17.0. The van der Waals surface area contributed by atoms with Gasteiger partial charge in [-0.05, 0) is 68.7 Å². The van der Waals surface area contributed by atoms with Crippen molar-refractivity contribution in [2.75, 3.05) is 32.8 Å². The summed E-state index contributed by atoms with van der Waals surface area (Å²) < 4.78 is 18.7. The van der Waals surface area contributed by atoms with Crippen molar-refractivity contribution in [2.24, 2.45) is 17.3 Å². The van der Waals surface area contributed by atoms with Gasteiger partial charge in [0.25, 0.3) is 0 Å². The van der Waals surface area contributed by atoms with Crippen molar-refractivity contribution < 1.29 is 14.2 Å². The van der Waals surface area contributed by atoms with Crippen LogP contribution in [0.15, 0.2) is 0 Å². The largest absolute Gasteiger partial charge is 0.377 e. The third-order valence-electron chi connectivity index (χ3n) is 7.49. The van der Waals surface area contributed by atoms with Crippen molar-refractivity contribution in [3.8, 4) is 0 Å². The maximum atomic E-state index is 6.55. The molecule has 0 N–H and O–H groups in total. The first-order chi connectivity index (χ1) is 13.8. The van der Waals surface area contributed by atoms with Crippen molar-refractivity contribution in [3.05, 3.63) is 0 Å². The Hall–Kier alpha value is -0.160. The summed E-state index contributed by atoms with van der Waals surface area (Å²) in [7, 11) is 0. The molecule has 0 radical (unpaired) electrons. The van der Waals surface area contributed by atoms with Crippen LogP contribution in [0, 0.1) is 17.3 Å². The average Bonchev–Trinajstić information content (AvgIpc) is 3.30. The van der Waals surface area contributed by atoms with Gasteiger partial charge in [0, 0.05) is 32.5 Å². The van der Waals surface area contributed by atoms with E-state index in [-0.39, 0.29) is 11.9 Å². The van der Waals surface area contributed by atoms with Gasteiger partial charge in [0.1, 0.15) is 0 Å². The number of hydrogen-bond acceptors (Lipinski definition) is 4. The summed E-state index contributed by atoms with van der Waals surface area (Å²) in [5.74, 6) is 1.29. The second-order valence-electron chi connectivity index (χ2n) is 11.0. The maximum absolute atomic E-state index is 6.55. The molecule has 0 aromatic heterocycles. The van der Waals surface area contributed by atoms with Gasteiger partial charge in [-0.3, -0.25) is 0 Å². The van der Waals surface area contributed by atoms with Gasteiger partial charge < -0.3 is 19.1 Å². The van der Waals surface area contributed by atoms with E-state index in [2.05, 4.69) is 39.5 Å². The van der Waals surface area contributed by atoms with Gasteiger partial charge in [0.2, 0.25) is 0 Å². The molecule has 0 aromatic rings. The summed E-state index contributed by atoms with van der Waals surface area (Å²) in [5.41, 5.74) is 0.427. The SMILES string of the molecule is CCCN(CCC1COC2(CCC(C(C)(C)CC(C)C)CC2)O1)CC1CCCO1. The lowest BCUT2D eigenvalue weighted by atomic mass is 9.66. The summed E-state index contributed by atoms with van der Waals surface area (Å²) >= 11 is 0. The molecular formula is C25H47NO3. The monoisotopic (exact) mass is 409 g/mol. The van der Waals surface area contributed by atoms with Gasteiger partial charge in [-0.15, -0.1) is 0 Å². The van der Waals surface area contributed by atoms with Crippen molar-refractivity contribution in [1.29, 1.82) is 0 Å². The molecule has 1 spiro atoms. The van der Waals surface area contributed by atoms with Crippen LogP contribution in [0.25, 0.3) is 0 Å². The predicted molar refractivity (Wildman–Crippen MR) is 119 cm³/mol. The molecule has 4 heteroatoms. The van der Waals surface area contributed by atoms with Crippen molar-refractivity contribution >= 4 is 0 Å². The lowest BCUT2D eigenvalue weighted by Crippen LogP contribution is -2.40. The molecule has 2 atom stereocenters. The van der Waals surface area contributed by atoms with Crippen LogP contribution in [0.4, 0.5) is 0 Å². The highest BCUT2D eigenvalue weighted by molar-refractivity contribution is 4.90. The van der Waals surface area contributed by atoms with E-state index in [1.807, 2.05) is 0 Å². The van der Waals surface area contributed by atoms with Crippen LogP contribution in [0.3, 0.4) is 0 Å². The molecule has 170 valence electrons. The normalized spacial score (nSPS) is 33.4. The Balaban J connectivity index is 1.42. The van der Waals surface area contributed by atoms with E-state index in [0.717, 1.165) is 63.9 Å². The summed E-state index contributed by atoms with van der Waals surface area (Å²) in [5, 5.41) is 0. The van der Waals surface area contributed by atoms with Gasteiger partial charge in [0.05, 0.1) is 18.8 Å². The fourth-order valence-electron chi connectivity index (χ4n) is 6.09. The van der Waals surface area contributed by atoms with Gasteiger partial charge >= 0.3 is 0 Å². The molecule has 1 aliphatic carbocycles. The van der Waals surface area contributed by atoms with E-state index in [9.17, 15) is 0 Å². The van der Waals surface area contributed by atoms with Crippen LogP contribution >= 0.6 is 0 Å². The first-order valence-electron chi connectivity index (χ1n) is 12.5. The summed E-state index contributed by atoms with van der Waals surface area (Å²) in [6, 6.07) is 0.